The number of nitrogens with zero attached hydrogens (tertiary/aromatic N) is 2. The Morgan fingerprint density at radius 1 is 0.583 bits per heavy atom. The maximum absolute atomic E-state index is 10.5. The Morgan fingerprint density at radius 2 is 0.972 bits per heavy atom. The van der Waals surface area contributed by atoms with Crippen molar-refractivity contribution < 1.29 is 19.7 Å². The van der Waals surface area contributed by atoms with Crippen LogP contribution in [0.4, 0.5) is 0 Å². The summed E-state index contributed by atoms with van der Waals surface area (Å²) in [6, 6.07) is 24.4. The lowest BCUT2D eigenvalue weighted by Crippen LogP contribution is -2.38. The minimum Gasteiger partial charge on any atom is -0.491 e. The highest BCUT2D eigenvalue weighted by Gasteiger charge is 2.20. The summed E-state index contributed by atoms with van der Waals surface area (Å²) in [6.07, 6.45) is 0.934. The lowest BCUT2D eigenvalue weighted by molar-refractivity contribution is 0.0625. The highest BCUT2D eigenvalue weighted by molar-refractivity contribution is 5.32. The van der Waals surface area contributed by atoms with Crippen molar-refractivity contribution in [2.24, 2.45) is 0 Å². The Labute approximate surface area is 213 Å². The highest BCUT2D eigenvalue weighted by Crippen LogP contribution is 2.21. The molecule has 190 valence electrons. The predicted octanol–water partition coefficient (Wildman–Crippen LogP) is 3.28. The molecule has 3 aromatic rings. The molecule has 0 saturated carbocycles. The van der Waals surface area contributed by atoms with Gasteiger partial charge in [-0.05, 0) is 59.4 Å². The first kappa shape index (κ1) is 24.8. The van der Waals surface area contributed by atoms with Crippen LogP contribution in [0.3, 0.4) is 0 Å². The molecule has 6 heteroatoms. The van der Waals surface area contributed by atoms with Crippen molar-refractivity contribution in [1.29, 1.82) is 0 Å². The second-order valence-corrected chi connectivity index (χ2v) is 9.91. The van der Waals surface area contributed by atoms with E-state index in [1.807, 2.05) is 24.3 Å². The summed E-state index contributed by atoms with van der Waals surface area (Å²) in [5.74, 6) is 1.39. The normalized spacial score (nSPS) is 17.6. The van der Waals surface area contributed by atoms with Gasteiger partial charge in [0, 0.05) is 39.3 Å². The largest absolute Gasteiger partial charge is 0.491 e. The molecule has 0 aliphatic carbocycles. The zero-order valence-electron chi connectivity index (χ0n) is 20.8. The fraction of sp³-hybridized carbons (Fsp3) is 0.400. The van der Waals surface area contributed by atoms with Gasteiger partial charge in [-0.25, -0.2) is 0 Å². The van der Waals surface area contributed by atoms with E-state index in [0.717, 1.165) is 39.0 Å². The molecule has 0 unspecified atom stereocenters. The van der Waals surface area contributed by atoms with Gasteiger partial charge in [0.15, 0.2) is 0 Å². The van der Waals surface area contributed by atoms with E-state index >= 15 is 0 Å². The predicted molar refractivity (Wildman–Crippen MR) is 140 cm³/mol. The van der Waals surface area contributed by atoms with Crippen molar-refractivity contribution >= 4 is 0 Å². The van der Waals surface area contributed by atoms with E-state index in [-0.39, 0.29) is 13.2 Å². The zero-order valence-corrected chi connectivity index (χ0v) is 20.8. The van der Waals surface area contributed by atoms with Gasteiger partial charge in [0.2, 0.25) is 0 Å². The molecular formula is C30H36N2O4. The molecule has 36 heavy (non-hydrogen) atoms. The van der Waals surface area contributed by atoms with Crippen molar-refractivity contribution in [3.05, 3.63) is 95.1 Å². The van der Waals surface area contributed by atoms with Gasteiger partial charge in [0.25, 0.3) is 0 Å². The number of aliphatic hydroxyl groups excluding tert-OH is 2. The Hall–Kier alpha value is -2.90. The second kappa shape index (κ2) is 11.9. The number of rotatable bonds is 10. The van der Waals surface area contributed by atoms with E-state index in [1.165, 1.54) is 22.3 Å². The molecule has 0 amide bonds. The Bertz CT molecular complexity index is 1030. The van der Waals surface area contributed by atoms with E-state index in [2.05, 4.69) is 58.3 Å². The number of β-amino-alcohol motifs (C(OH)–C–C–N with tert-alkyl or cyclic N) is 2. The minimum absolute atomic E-state index is 0.246. The second-order valence-electron chi connectivity index (χ2n) is 9.91. The zero-order chi connectivity index (χ0) is 24.7. The topological polar surface area (TPSA) is 65.4 Å². The molecule has 3 aromatic carbocycles. The molecule has 2 aliphatic rings. The molecule has 2 heterocycles. The number of hydrogen-bond donors (Lipinski definition) is 2. The first-order chi connectivity index (χ1) is 17.6. The van der Waals surface area contributed by atoms with Gasteiger partial charge in [0.05, 0.1) is 0 Å². The monoisotopic (exact) mass is 488 g/mol. The van der Waals surface area contributed by atoms with E-state index in [9.17, 15) is 10.2 Å². The van der Waals surface area contributed by atoms with Gasteiger partial charge in [-0.2, -0.15) is 0 Å². The summed E-state index contributed by atoms with van der Waals surface area (Å²) in [5.41, 5.74) is 5.51. The lowest BCUT2D eigenvalue weighted by Gasteiger charge is -2.30. The first-order valence-corrected chi connectivity index (χ1v) is 12.9. The number of ether oxygens (including phenoxy) is 2. The molecule has 0 radical (unpaired) electrons. The number of fused-ring (bicyclic) bond motifs is 2. The molecule has 2 aliphatic heterocycles. The minimum atomic E-state index is -0.553. The first-order valence-electron chi connectivity index (χ1n) is 12.9. The van der Waals surface area contributed by atoms with Crippen molar-refractivity contribution in [3.63, 3.8) is 0 Å². The number of aliphatic hydroxyl groups is 2. The van der Waals surface area contributed by atoms with E-state index in [0.29, 0.717) is 24.6 Å². The summed E-state index contributed by atoms with van der Waals surface area (Å²) >= 11 is 0. The molecule has 0 aromatic heterocycles. The lowest BCUT2D eigenvalue weighted by atomic mass is 10.00. The maximum atomic E-state index is 10.5. The van der Waals surface area contributed by atoms with Crippen LogP contribution in [0.25, 0.3) is 0 Å². The Morgan fingerprint density at radius 3 is 1.39 bits per heavy atom. The van der Waals surface area contributed by atoms with Crippen LogP contribution in [0.15, 0.2) is 72.8 Å². The van der Waals surface area contributed by atoms with Gasteiger partial charge < -0.3 is 19.7 Å². The van der Waals surface area contributed by atoms with Crippen LogP contribution in [0.5, 0.6) is 11.5 Å². The van der Waals surface area contributed by atoms with Gasteiger partial charge in [-0.15, -0.1) is 0 Å². The summed E-state index contributed by atoms with van der Waals surface area (Å²) in [4.78, 5) is 4.56. The summed E-state index contributed by atoms with van der Waals surface area (Å²) in [5, 5.41) is 21.0. The number of hydrogen-bond acceptors (Lipinski definition) is 6. The molecule has 0 spiro atoms. The van der Waals surface area contributed by atoms with Crippen molar-refractivity contribution in [3.8, 4) is 11.5 Å². The van der Waals surface area contributed by atoms with Crippen LogP contribution < -0.4 is 9.47 Å². The fourth-order valence-corrected chi connectivity index (χ4v) is 5.14. The molecule has 2 N–H and O–H groups in total. The smallest absolute Gasteiger partial charge is 0.119 e. The van der Waals surface area contributed by atoms with Crippen LogP contribution in [-0.4, -0.2) is 71.6 Å². The molecule has 6 nitrogen and oxygen atoms in total. The van der Waals surface area contributed by atoms with Crippen molar-refractivity contribution in [2.75, 3.05) is 39.4 Å². The van der Waals surface area contributed by atoms with E-state index in [1.54, 1.807) is 0 Å². The highest BCUT2D eigenvalue weighted by atomic mass is 16.5. The van der Waals surface area contributed by atoms with Crippen LogP contribution in [0, 0.1) is 0 Å². The molecular weight excluding hydrogens is 452 g/mol. The summed E-state index contributed by atoms with van der Waals surface area (Å²) < 4.78 is 11.6. The molecule has 0 bridgehead atoms. The van der Waals surface area contributed by atoms with Crippen LogP contribution in [0.1, 0.15) is 22.3 Å². The summed E-state index contributed by atoms with van der Waals surface area (Å²) in [7, 11) is 0. The van der Waals surface area contributed by atoms with Crippen LogP contribution in [-0.2, 0) is 25.9 Å². The molecule has 0 fully saturated rings. The molecule has 2 atom stereocenters. The maximum Gasteiger partial charge on any atom is 0.119 e. The molecule has 5 rings (SSSR count). The molecule has 0 saturated heterocycles. The van der Waals surface area contributed by atoms with Gasteiger partial charge >= 0.3 is 0 Å². The van der Waals surface area contributed by atoms with Crippen molar-refractivity contribution in [2.45, 2.75) is 38.1 Å². The van der Waals surface area contributed by atoms with Gasteiger partial charge in [-0.3, -0.25) is 9.80 Å². The van der Waals surface area contributed by atoms with Gasteiger partial charge in [0.1, 0.15) is 36.9 Å². The average Bonchev–Trinajstić information content (AvgIpc) is 2.91. The van der Waals surface area contributed by atoms with E-state index < -0.39 is 12.2 Å². The number of benzene rings is 3. The third-order valence-electron chi connectivity index (χ3n) is 7.07. The SMILES string of the molecule is O[C@@H](COc1ccc(OC[C@H](O)CN2CCc3ccccc3C2)cc1)CN1CCc2ccccc2C1. The fourth-order valence-electron chi connectivity index (χ4n) is 5.14. The third kappa shape index (κ3) is 6.65. The standard InChI is InChI=1S/C30H36N2O4/c33-27(19-31-15-13-23-5-1-3-7-25(23)17-31)21-35-29-9-11-30(12-10-29)36-22-28(34)20-32-16-14-24-6-2-4-8-26(24)18-32/h1-12,27-28,33-34H,13-22H2/t27-,28-/m1/s1. The van der Waals surface area contributed by atoms with Crippen LogP contribution >= 0.6 is 0 Å². The summed E-state index contributed by atoms with van der Waals surface area (Å²) in [6.45, 7) is 5.33. The van der Waals surface area contributed by atoms with E-state index in [4.69, 9.17) is 9.47 Å². The third-order valence-corrected chi connectivity index (χ3v) is 7.07. The van der Waals surface area contributed by atoms with Crippen molar-refractivity contribution in [1.82, 2.24) is 9.80 Å². The quantitative estimate of drug-likeness (QED) is 0.457. The van der Waals surface area contributed by atoms with Crippen LogP contribution in [0.2, 0.25) is 0 Å². The van der Waals surface area contributed by atoms with Gasteiger partial charge in [-0.1, -0.05) is 48.5 Å². The Kier molecular flexibility index (Phi) is 8.18. The average molecular weight is 489 g/mol. The Balaban J connectivity index is 1.01.